The molecular formula is C31H34N4O4. The van der Waals surface area contributed by atoms with E-state index in [0.717, 1.165) is 24.0 Å². The summed E-state index contributed by atoms with van der Waals surface area (Å²) >= 11 is 0. The fourth-order valence-corrected chi connectivity index (χ4v) is 4.52. The summed E-state index contributed by atoms with van der Waals surface area (Å²) in [5.74, 6) is -0.498. The Labute approximate surface area is 229 Å². The number of carbonyl (C=O) groups excluding carboxylic acids is 3. The normalized spacial score (nSPS) is 15.0. The molecule has 0 spiro atoms. The lowest BCUT2D eigenvalue weighted by Crippen LogP contribution is -2.48. The maximum Gasteiger partial charge on any atom is 0.338 e. The third kappa shape index (κ3) is 6.84. The van der Waals surface area contributed by atoms with Crippen LogP contribution in [0.1, 0.15) is 49.4 Å². The highest BCUT2D eigenvalue weighted by molar-refractivity contribution is 6.04. The molecule has 3 aromatic rings. The van der Waals surface area contributed by atoms with Gasteiger partial charge in [0, 0.05) is 18.8 Å². The second-order valence-electron chi connectivity index (χ2n) is 9.16. The first-order valence-corrected chi connectivity index (χ1v) is 13.2. The zero-order valence-corrected chi connectivity index (χ0v) is 22.3. The average molecular weight is 527 g/mol. The van der Waals surface area contributed by atoms with Crippen molar-refractivity contribution in [3.63, 3.8) is 0 Å². The molecule has 8 nitrogen and oxygen atoms in total. The van der Waals surface area contributed by atoms with Crippen molar-refractivity contribution in [2.45, 2.75) is 39.3 Å². The van der Waals surface area contributed by atoms with Gasteiger partial charge >= 0.3 is 18.0 Å². The minimum absolute atomic E-state index is 0.198. The zero-order valence-electron chi connectivity index (χ0n) is 22.3. The van der Waals surface area contributed by atoms with Crippen LogP contribution in [0.15, 0.2) is 90.5 Å². The Kier molecular flexibility index (Phi) is 9.34. The van der Waals surface area contributed by atoms with Gasteiger partial charge in [0.15, 0.2) is 0 Å². The minimum Gasteiger partial charge on any atom is -0.463 e. The molecule has 39 heavy (non-hydrogen) atoms. The monoisotopic (exact) mass is 526 g/mol. The summed E-state index contributed by atoms with van der Waals surface area (Å²) in [6, 6.07) is 24.7. The van der Waals surface area contributed by atoms with Gasteiger partial charge in [0.2, 0.25) is 0 Å². The van der Waals surface area contributed by atoms with Gasteiger partial charge in [0.1, 0.15) is 0 Å². The van der Waals surface area contributed by atoms with Crippen molar-refractivity contribution in [1.29, 1.82) is 0 Å². The first-order valence-electron chi connectivity index (χ1n) is 13.2. The molecule has 1 heterocycles. The number of unbranched alkanes of at least 4 members (excludes halogenated alkanes) is 1. The highest BCUT2D eigenvalue weighted by Gasteiger charge is 2.38. The van der Waals surface area contributed by atoms with Crippen LogP contribution in [0.4, 0.5) is 15.3 Å². The molecule has 1 aliphatic rings. The van der Waals surface area contributed by atoms with Crippen LogP contribution in [0.5, 0.6) is 0 Å². The Balaban J connectivity index is 1.68. The van der Waals surface area contributed by atoms with Crippen LogP contribution in [0.3, 0.4) is 0 Å². The van der Waals surface area contributed by atoms with Crippen molar-refractivity contribution < 1.29 is 19.1 Å². The molecule has 0 bridgehead atoms. The summed E-state index contributed by atoms with van der Waals surface area (Å²) in [5, 5.41) is 8.70. The van der Waals surface area contributed by atoms with Crippen LogP contribution < -0.4 is 16.0 Å². The third-order valence-electron chi connectivity index (χ3n) is 6.38. The van der Waals surface area contributed by atoms with E-state index >= 15 is 0 Å². The predicted molar refractivity (Wildman–Crippen MR) is 152 cm³/mol. The number of nitrogens with zero attached hydrogens (tertiary/aromatic N) is 1. The van der Waals surface area contributed by atoms with Gasteiger partial charge in [-0.15, -0.1) is 0 Å². The van der Waals surface area contributed by atoms with E-state index in [1.165, 1.54) is 0 Å². The number of nitrogens with one attached hydrogen (secondary N) is 3. The first-order chi connectivity index (χ1) is 19.0. The molecule has 8 heteroatoms. The van der Waals surface area contributed by atoms with Gasteiger partial charge in [0.05, 0.1) is 23.9 Å². The van der Waals surface area contributed by atoms with Crippen LogP contribution in [-0.4, -0.2) is 36.1 Å². The molecule has 202 valence electrons. The van der Waals surface area contributed by atoms with E-state index in [0.29, 0.717) is 35.6 Å². The fourth-order valence-electron chi connectivity index (χ4n) is 4.52. The Hall–Kier alpha value is -4.59. The van der Waals surface area contributed by atoms with Gasteiger partial charge in [-0.3, -0.25) is 4.90 Å². The van der Waals surface area contributed by atoms with Crippen molar-refractivity contribution in [1.82, 2.24) is 15.5 Å². The molecule has 0 saturated heterocycles. The van der Waals surface area contributed by atoms with E-state index in [2.05, 4.69) is 22.9 Å². The Morgan fingerprint density at radius 3 is 2.36 bits per heavy atom. The van der Waals surface area contributed by atoms with Crippen molar-refractivity contribution in [3.8, 4) is 0 Å². The van der Waals surface area contributed by atoms with E-state index in [9.17, 15) is 14.4 Å². The van der Waals surface area contributed by atoms with Crippen LogP contribution in [-0.2, 0) is 16.1 Å². The summed E-state index contributed by atoms with van der Waals surface area (Å²) in [4.78, 5) is 41.1. The Morgan fingerprint density at radius 2 is 1.67 bits per heavy atom. The third-order valence-corrected chi connectivity index (χ3v) is 6.38. The molecule has 0 saturated carbocycles. The lowest BCUT2D eigenvalue weighted by molar-refractivity contribution is -0.138. The van der Waals surface area contributed by atoms with E-state index in [-0.39, 0.29) is 18.7 Å². The van der Waals surface area contributed by atoms with Crippen LogP contribution in [0.2, 0.25) is 0 Å². The fraction of sp³-hybridized carbons (Fsp3) is 0.258. The molecule has 0 aliphatic carbocycles. The summed E-state index contributed by atoms with van der Waals surface area (Å²) in [6.07, 6.45) is 1.67. The minimum atomic E-state index is -0.765. The first kappa shape index (κ1) is 27.4. The number of rotatable bonds is 10. The molecule has 0 aromatic heterocycles. The maximum atomic E-state index is 13.4. The second-order valence-corrected chi connectivity index (χ2v) is 9.16. The number of benzene rings is 3. The van der Waals surface area contributed by atoms with Crippen molar-refractivity contribution in [3.05, 3.63) is 107 Å². The lowest BCUT2D eigenvalue weighted by atomic mass is 9.91. The molecule has 3 aromatic carbocycles. The summed E-state index contributed by atoms with van der Waals surface area (Å²) in [5.41, 5.74) is 3.81. The molecule has 4 rings (SSSR count). The van der Waals surface area contributed by atoms with Crippen molar-refractivity contribution in [2.24, 2.45) is 0 Å². The maximum absolute atomic E-state index is 13.4. The van der Waals surface area contributed by atoms with Crippen LogP contribution in [0.25, 0.3) is 5.70 Å². The second kappa shape index (κ2) is 13.3. The summed E-state index contributed by atoms with van der Waals surface area (Å²) in [6.45, 7) is 4.85. The molecule has 3 N–H and O–H groups in total. The average Bonchev–Trinajstić information content (AvgIpc) is 2.96. The molecule has 0 radical (unpaired) electrons. The molecule has 1 atom stereocenters. The van der Waals surface area contributed by atoms with E-state index in [1.807, 2.05) is 66.7 Å². The van der Waals surface area contributed by atoms with E-state index in [1.54, 1.807) is 30.0 Å². The number of anilines is 1. The lowest BCUT2D eigenvalue weighted by Gasteiger charge is -2.37. The summed E-state index contributed by atoms with van der Waals surface area (Å²) < 4.78 is 5.49. The molecule has 1 aliphatic heterocycles. The molecule has 4 amide bonds. The van der Waals surface area contributed by atoms with E-state index in [4.69, 9.17) is 4.74 Å². The van der Waals surface area contributed by atoms with Gasteiger partial charge in [-0.05, 0) is 42.2 Å². The van der Waals surface area contributed by atoms with Gasteiger partial charge in [-0.2, -0.15) is 0 Å². The van der Waals surface area contributed by atoms with Gasteiger partial charge in [-0.25, -0.2) is 14.4 Å². The van der Waals surface area contributed by atoms with Crippen molar-refractivity contribution >= 4 is 29.4 Å². The zero-order chi connectivity index (χ0) is 27.6. The standard InChI is InChI=1S/C31H34N4O4/c1-3-5-19-35-28(23-15-10-7-11-16-23)26(29(36)39-4-2)27(34-31(35)38)24-17-12-18-25(20-24)33-30(37)32-21-22-13-8-6-9-14-22/h6-18,20,27H,3-5,19,21H2,1-2H3,(H,34,38)(H2,32,33,37). The molecule has 0 fully saturated rings. The van der Waals surface area contributed by atoms with Crippen LogP contribution >= 0.6 is 0 Å². The topological polar surface area (TPSA) is 99.8 Å². The highest BCUT2D eigenvalue weighted by Crippen LogP contribution is 2.37. The van der Waals surface area contributed by atoms with Gasteiger partial charge in [-0.1, -0.05) is 86.1 Å². The Morgan fingerprint density at radius 1 is 0.949 bits per heavy atom. The highest BCUT2D eigenvalue weighted by atomic mass is 16.5. The van der Waals surface area contributed by atoms with Crippen molar-refractivity contribution in [2.75, 3.05) is 18.5 Å². The number of ether oxygens (including phenoxy) is 1. The molecule has 1 unspecified atom stereocenters. The summed E-state index contributed by atoms with van der Waals surface area (Å²) in [7, 11) is 0. The number of hydrogen-bond acceptors (Lipinski definition) is 4. The van der Waals surface area contributed by atoms with Gasteiger partial charge in [0.25, 0.3) is 0 Å². The number of esters is 1. The van der Waals surface area contributed by atoms with Crippen LogP contribution in [0, 0.1) is 0 Å². The quantitative estimate of drug-likeness (QED) is 0.289. The Bertz CT molecular complexity index is 1320. The molecular weight excluding hydrogens is 492 g/mol. The van der Waals surface area contributed by atoms with Gasteiger partial charge < -0.3 is 20.7 Å². The smallest absolute Gasteiger partial charge is 0.338 e. The number of carbonyl (C=O) groups is 3. The number of urea groups is 2. The van der Waals surface area contributed by atoms with E-state index < -0.39 is 12.0 Å². The largest absolute Gasteiger partial charge is 0.463 e. The number of hydrogen-bond donors (Lipinski definition) is 3. The SMILES string of the molecule is CCCCN1C(=O)NC(c2cccc(NC(=O)NCc3ccccc3)c2)C(C(=O)OCC)=C1c1ccccc1. The predicted octanol–water partition coefficient (Wildman–Crippen LogP) is 5.85. The number of amides is 4.